The fraction of sp³-hybridized carbons (Fsp3) is 0.368. The summed E-state index contributed by atoms with van der Waals surface area (Å²) in [5, 5.41) is 7.15. The summed E-state index contributed by atoms with van der Waals surface area (Å²) in [5.41, 5.74) is 8.29. The molecule has 0 bridgehead atoms. The highest BCUT2D eigenvalue weighted by Gasteiger charge is 2.23. The minimum atomic E-state index is -0.905. The van der Waals surface area contributed by atoms with E-state index in [9.17, 15) is 4.21 Å². The van der Waals surface area contributed by atoms with Crippen LogP contribution in [0, 0.1) is 0 Å². The molecule has 28 heavy (non-hydrogen) atoms. The standard InChI is InChI=1S/C19H22N6O2S/c1-19(2,3)17-24-16(27-25-17)13-10-21-18(23-15(13)20)22-12-6-7-14-11(9-12)5-4-8-28(14)26/h6-7,9-10H,4-5,8H2,1-3H3,(H3,20,21,22,23). The molecule has 1 aliphatic heterocycles. The van der Waals surface area contributed by atoms with Gasteiger partial charge in [-0.2, -0.15) is 9.97 Å². The molecule has 0 radical (unpaired) electrons. The monoisotopic (exact) mass is 398 g/mol. The molecule has 3 heterocycles. The number of nitrogen functional groups attached to an aromatic ring is 1. The first-order chi connectivity index (χ1) is 13.3. The second kappa shape index (κ2) is 6.97. The minimum Gasteiger partial charge on any atom is -0.383 e. The Morgan fingerprint density at radius 3 is 2.79 bits per heavy atom. The second-order valence-corrected chi connectivity index (χ2v) is 9.31. The quantitative estimate of drug-likeness (QED) is 0.690. The Hall–Kier alpha value is -2.81. The SMILES string of the molecule is CC(C)(C)c1noc(-c2cnc(Nc3ccc4c(c3)CCCS4=O)nc2N)n1. The number of hydrogen-bond acceptors (Lipinski definition) is 8. The van der Waals surface area contributed by atoms with Crippen molar-refractivity contribution in [2.75, 3.05) is 16.8 Å². The first-order valence-electron chi connectivity index (χ1n) is 9.06. The molecule has 8 nitrogen and oxygen atoms in total. The van der Waals surface area contributed by atoms with Crippen molar-refractivity contribution in [1.29, 1.82) is 0 Å². The van der Waals surface area contributed by atoms with Gasteiger partial charge in [-0.15, -0.1) is 0 Å². The van der Waals surface area contributed by atoms with E-state index in [0.29, 0.717) is 23.2 Å². The minimum absolute atomic E-state index is 0.227. The maximum absolute atomic E-state index is 12.1. The number of anilines is 3. The van der Waals surface area contributed by atoms with Crippen molar-refractivity contribution in [3.05, 3.63) is 35.8 Å². The van der Waals surface area contributed by atoms with Gasteiger partial charge in [0.25, 0.3) is 5.89 Å². The number of rotatable bonds is 3. The highest BCUT2D eigenvalue weighted by atomic mass is 32.2. The van der Waals surface area contributed by atoms with E-state index in [1.165, 1.54) is 0 Å². The topological polar surface area (TPSA) is 120 Å². The van der Waals surface area contributed by atoms with Crippen LogP contribution in [0.5, 0.6) is 0 Å². The Kier molecular flexibility index (Phi) is 4.62. The van der Waals surface area contributed by atoms with Crippen molar-refractivity contribution in [3.63, 3.8) is 0 Å². The van der Waals surface area contributed by atoms with Gasteiger partial charge in [-0.25, -0.2) is 4.98 Å². The van der Waals surface area contributed by atoms with Gasteiger partial charge in [0, 0.05) is 27.9 Å². The molecule has 0 spiro atoms. The molecule has 146 valence electrons. The van der Waals surface area contributed by atoms with Gasteiger partial charge in [0.1, 0.15) is 11.4 Å². The largest absolute Gasteiger partial charge is 0.383 e. The van der Waals surface area contributed by atoms with Crippen LogP contribution < -0.4 is 11.1 Å². The Morgan fingerprint density at radius 1 is 1.25 bits per heavy atom. The zero-order valence-corrected chi connectivity index (χ0v) is 16.8. The first kappa shape index (κ1) is 18.5. The van der Waals surface area contributed by atoms with Crippen LogP contribution >= 0.6 is 0 Å². The molecular weight excluding hydrogens is 376 g/mol. The molecule has 0 aliphatic carbocycles. The van der Waals surface area contributed by atoms with Crippen molar-refractivity contribution < 1.29 is 8.73 Å². The van der Waals surface area contributed by atoms with Gasteiger partial charge >= 0.3 is 0 Å². The van der Waals surface area contributed by atoms with Crippen LogP contribution in [0.25, 0.3) is 11.5 Å². The number of aryl methyl sites for hydroxylation is 1. The van der Waals surface area contributed by atoms with E-state index in [1.807, 2.05) is 39.0 Å². The van der Waals surface area contributed by atoms with Gasteiger partial charge in [-0.1, -0.05) is 25.9 Å². The maximum Gasteiger partial charge on any atom is 0.263 e. The molecule has 2 aromatic heterocycles. The van der Waals surface area contributed by atoms with Crippen molar-refractivity contribution >= 4 is 28.3 Å². The van der Waals surface area contributed by atoms with Crippen molar-refractivity contribution in [2.24, 2.45) is 0 Å². The van der Waals surface area contributed by atoms with E-state index in [-0.39, 0.29) is 11.2 Å². The van der Waals surface area contributed by atoms with Gasteiger partial charge in [0.2, 0.25) is 5.95 Å². The Bertz CT molecular complexity index is 1060. The average molecular weight is 398 g/mol. The van der Waals surface area contributed by atoms with Crippen LogP contribution in [-0.4, -0.2) is 30.1 Å². The van der Waals surface area contributed by atoms with Gasteiger partial charge in [0.05, 0.1) is 10.8 Å². The van der Waals surface area contributed by atoms with Crippen LogP contribution in [0.4, 0.5) is 17.5 Å². The van der Waals surface area contributed by atoms with Gasteiger partial charge in [-0.3, -0.25) is 4.21 Å². The predicted octanol–water partition coefficient (Wildman–Crippen LogP) is 3.20. The average Bonchev–Trinajstić information content (AvgIpc) is 3.12. The summed E-state index contributed by atoms with van der Waals surface area (Å²) in [6.45, 7) is 6.01. The van der Waals surface area contributed by atoms with Crippen LogP contribution in [0.1, 0.15) is 38.6 Å². The molecular formula is C19H22N6O2S. The molecule has 3 aromatic rings. The molecule has 0 amide bonds. The van der Waals surface area contributed by atoms with Gasteiger partial charge in [0.15, 0.2) is 5.82 Å². The van der Waals surface area contributed by atoms with Gasteiger partial charge in [-0.05, 0) is 36.6 Å². The zero-order valence-electron chi connectivity index (χ0n) is 16.0. The van der Waals surface area contributed by atoms with Crippen LogP contribution in [-0.2, 0) is 22.6 Å². The van der Waals surface area contributed by atoms with Crippen LogP contribution in [0.15, 0.2) is 33.8 Å². The number of fused-ring (bicyclic) bond motifs is 1. The van der Waals surface area contributed by atoms with E-state index in [4.69, 9.17) is 10.3 Å². The fourth-order valence-electron chi connectivity index (χ4n) is 2.96. The molecule has 1 aliphatic rings. The number of nitrogens with two attached hydrogens (primary N) is 1. The normalized spacial score (nSPS) is 16.6. The summed E-state index contributed by atoms with van der Waals surface area (Å²) in [7, 11) is -0.905. The van der Waals surface area contributed by atoms with E-state index in [2.05, 4.69) is 25.4 Å². The summed E-state index contributed by atoms with van der Waals surface area (Å²) < 4.78 is 17.4. The zero-order chi connectivity index (χ0) is 19.9. The summed E-state index contributed by atoms with van der Waals surface area (Å²) in [6, 6.07) is 5.77. The molecule has 4 rings (SSSR count). The first-order valence-corrected chi connectivity index (χ1v) is 10.4. The molecule has 0 fully saturated rings. The molecule has 1 unspecified atom stereocenters. The van der Waals surface area contributed by atoms with Crippen molar-refractivity contribution in [2.45, 2.75) is 43.9 Å². The molecule has 3 N–H and O–H groups in total. The Morgan fingerprint density at radius 2 is 2.07 bits per heavy atom. The molecule has 1 aromatic carbocycles. The third kappa shape index (κ3) is 3.62. The number of nitrogens with one attached hydrogen (secondary N) is 1. The molecule has 9 heteroatoms. The fourth-order valence-corrected chi connectivity index (χ4v) is 4.26. The lowest BCUT2D eigenvalue weighted by atomic mass is 9.96. The smallest absolute Gasteiger partial charge is 0.263 e. The molecule has 0 saturated heterocycles. The second-order valence-electron chi connectivity index (χ2n) is 7.77. The number of benzene rings is 1. The highest BCUT2D eigenvalue weighted by molar-refractivity contribution is 7.85. The lowest BCUT2D eigenvalue weighted by Gasteiger charge is -2.16. The maximum atomic E-state index is 12.1. The van der Waals surface area contributed by atoms with Crippen molar-refractivity contribution in [1.82, 2.24) is 20.1 Å². The van der Waals surface area contributed by atoms with E-state index >= 15 is 0 Å². The van der Waals surface area contributed by atoms with Crippen LogP contribution in [0.3, 0.4) is 0 Å². The third-order valence-corrected chi connectivity index (χ3v) is 6.03. The predicted molar refractivity (Wildman–Crippen MR) is 108 cm³/mol. The summed E-state index contributed by atoms with van der Waals surface area (Å²) >= 11 is 0. The number of hydrogen-bond donors (Lipinski definition) is 2. The van der Waals surface area contributed by atoms with E-state index < -0.39 is 10.8 Å². The lowest BCUT2D eigenvalue weighted by molar-refractivity contribution is 0.402. The van der Waals surface area contributed by atoms with Crippen molar-refractivity contribution in [3.8, 4) is 11.5 Å². The summed E-state index contributed by atoms with van der Waals surface area (Å²) in [6.07, 6.45) is 3.42. The third-order valence-electron chi connectivity index (χ3n) is 4.48. The van der Waals surface area contributed by atoms with Crippen LogP contribution in [0.2, 0.25) is 0 Å². The van der Waals surface area contributed by atoms with E-state index in [0.717, 1.165) is 34.7 Å². The summed E-state index contributed by atoms with van der Waals surface area (Å²) in [4.78, 5) is 13.9. The number of aromatic nitrogens is 4. The van der Waals surface area contributed by atoms with Gasteiger partial charge < -0.3 is 15.6 Å². The lowest BCUT2D eigenvalue weighted by Crippen LogP contribution is -2.13. The Balaban J connectivity index is 1.57. The molecule has 0 saturated carbocycles. The van der Waals surface area contributed by atoms with E-state index in [1.54, 1.807) is 6.20 Å². The highest BCUT2D eigenvalue weighted by Crippen LogP contribution is 2.29. The number of nitrogens with zero attached hydrogens (tertiary/aromatic N) is 4. The molecule has 1 atom stereocenters. The Labute approximate surface area is 165 Å². The summed E-state index contributed by atoms with van der Waals surface area (Å²) in [5.74, 6) is 2.24.